The lowest BCUT2D eigenvalue weighted by Gasteiger charge is -2.07. The van der Waals surface area contributed by atoms with E-state index in [1.165, 1.54) is 0 Å². The molecule has 1 aromatic heterocycles. The number of anilines is 1. The Morgan fingerprint density at radius 3 is 2.62 bits per heavy atom. The highest BCUT2D eigenvalue weighted by Gasteiger charge is 2.05. The summed E-state index contributed by atoms with van der Waals surface area (Å²) in [7, 11) is 0. The van der Waals surface area contributed by atoms with Gasteiger partial charge in [-0.1, -0.05) is 36.4 Å². The zero-order valence-electron chi connectivity index (χ0n) is 11.5. The molecule has 0 aliphatic rings. The first-order valence-electron chi connectivity index (χ1n) is 6.85. The number of aromatic amines is 1. The van der Waals surface area contributed by atoms with Gasteiger partial charge in [0.25, 0.3) is 5.56 Å². The summed E-state index contributed by atoms with van der Waals surface area (Å²) in [5.74, 6) is 0. The van der Waals surface area contributed by atoms with Crippen LogP contribution >= 0.6 is 0 Å². The number of aliphatic hydroxyl groups is 1. The Kier molecular flexibility index (Phi) is 3.71. The van der Waals surface area contributed by atoms with Crippen molar-refractivity contribution >= 4 is 16.5 Å². The minimum absolute atomic E-state index is 0.0569. The van der Waals surface area contributed by atoms with Crippen LogP contribution in [0.2, 0.25) is 0 Å². The van der Waals surface area contributed by atoms with Crippen LogP contribution in [0.5, 0.6) is 0 Å². The van der Waals surface area contributed by atoms with Crippen LogP contribution in [0, 0.1) is 0 Å². The van der Waals surface area contributed by atoms with Crippen molar-refractivity contribution in [3.05, 3.63) is 65.0 Å². The van der Waals surface area contributed by atoms with Crippen LogP contribution in [0.4, 0.5) is 5.69 Å². The molecule has 0 atom stereocenters. The van der Waals surface area contributed by atoms with E-state index < -0.39 is 0 Å². The van der Waals surface area contributed by atoms with E-state index in [0.717, 1.165) is 22.3 Å². The van der Waals surface area contributed by atoms with Gasteiger partial charge in [-0.3, -0.25) is 4.79 Å². The number of H-pyrrole nitrogens is 1. The molecule has 21 heavy (non-hydrogen) atoms. The fourth-order valence-electron chi connectivity index (χ4n) is 2.34. The quantitative estimate of drug-likeness (QED) is 0.688. The first-order valence-corrected chi connectivity index (χ1v) is 6.85. The normalized spacial score (nSPS) is 10.7. The Morgan fingerprint density at radius 2 is 1.86 bits per heavy atom. The molecule has 0 fully saturated rings. The summed E-state index contributed by atoms with van der Waals surface area (Å²) >= 11 is 0. The molecule has 0 amide bonds. The van der Waals surface area contributed by atoms with Crippen molar-refractivity contribution in [2.24, 2.45) is 0 Å². The maximum atomic E-state index is 12.3. The van der Waals surface area contributed by atoms with Crippen LogP contribution in [-0.4, -0.2) is 23.2 Å². The number of aromatic nitrogens is 1. The predicted molar refractivity (Wildman–Crippen MR) is 85.6 cm³/mol. The van der Waals surface area contributed by atoms with Crippen LogP contribution < -0.4 is 10.9 Å². The van der Waals surface area contributed by atoms with Gasteiger partial charge in [0, 0.05) is 23.3 Å². The van der Waals surface area contributed by atoms with Gasteiger partial charge in [0.2, 0.25) is 0 Å². The van der Waals surface area contributed by atoms with Crippen molar-refractivity contribution in [2.45, 2.75) is 0 Å². The summed E-state index contributed by atoms with van der Waals surface area (Å²) in [6.45, 7) is 0.521. The average molecular weight is 280 g/mol. The summed E-state index contributed by atoms with van der Waals surface area (Å²) in [6.07, 6.45) is 0. The topological polar surface area (TPSA) is 65.1 Å². The van der Waals surface area contributed by atoms with Crippen molar-refractivity contribution in [3.63, 3.8) is 0 Å². The van der Waals surface area contributed by atoms with E-state index in [1.54, 1.807) is 6.07 Å². The predicted octanol–water partition coefficient (Wildman–Crippen LogP) is 2.60. The van der Waals surface area contributed by atoms with Crippen molar-refractivity contribution < 1.29 is 5.11 Å². The highest BCUT2D eigenvalue weighted by molar-refractivity contribution is 5.87. The van der Waals surface area contributed by atoms with E-state index in [-0.39, 0.29) is 12.2 Å². The maximum absolute atomic E-state index is 12.3. The standard InChI is InChI=1S/C17H16N2O2/c20-9-8-18-14-7-6-13-10-16(12-4-2-1-3-5-12)19-17(21)15(13)11-14/h1-7,10-11,18,20H,8-9H2,(H,19,21). The first kappa shape index (κ1) is 13.4. The second-order valence-corrected chi connectivity index (χ2v) is 4.83. The third-order valence-corrected chi connectivity index (χ3v) is 3.37. The number of rotatable bonds is 4. The Morgan fingerprint density at radius 1 is 1.05 bits per heavy atom. The molecule has 0 saturated carbocycles. The fourth-order valence-corrected chi connectivity index (χ4v) is 2.34. The van der Waals surface area contributed by atoms with Gasteiger partial charge in [-0.15, -0.1) is 0 Å². The molecule has 0 spiro atoms. The minimum atomic E-state index is -0.112. The van der Waals surface area contributed by atoms with Gasteiger partial charge in [-0.25, -0.2) is 0 Å². The molecule has 0 bridgehead atoms. The Bertz CT molecular complexity index is 810. The van der Waals surface area contributed by atoms with Crippen molar-refractivity contribution in [3.8, 4) is 11.3 Å². The van der Waals surface area contributed by atoms with Gasteiger partial charge in [-0.05, 0) is 29.1 Å². The lowest BCUT2D eigenvalue weighted by Crippen LogP contribution is -2.09. The Labute approximate surface area is 122 Å². The molecule has 106 valence electrons. The maximum Gasteiger partial charge on any atom is 0.256 e. The molecule has 1 heterocycles. The van der Waals surface area contributed by atoms with Crippen LogP contribution in [0.25, 0.3) is 22.0 Å². The molecular formula is C17H16N2O2. The number of fused-ring (bicyclic) bond motifs is 1. The number of pyridine rings is 1. The van der Waals surface area contributed by atoms with Crippen LogP contribution in [0.1, 0.15) is 0 Å². The first-order chi connectivity index (χ1) is 10.3. The van der Waals surface area contributed by atoms with E-state index in [2.05, 4.69) is 10.3 Å². The molecule has 0 aliphatic heterocycles. The summed E-state index contributed by atoms with van der Waals surface area (Å²) in [6, 6.07) is 17.4. The number of aliphatic hydroxyl groups excluding tert-OH is 1. The fraction of sp³-hybridized carbons (Fsp3) is 0.118. The number of benzene rings is 2. The summed E-state index contributed by atoms with van der Waals surface area (Å²) in [4.78, 5) is 15.2. The number of hydrogen-bond donors (Lipinski definition) is 3. The monoisotopic (exact) mass is 280 g/mol. The molecule has 4 heteroatoms. The van der Waals surface area contributed by atoms with Gasteiger partial charge in [0.15, 0.2) is 0 Å². The molecule has 0 aliphatic carbocycles. The lowest BCUT2D eigenvalue weighted by molar-refractivity contribution is 0.311. The van der Waals surface area contributed by atoms with E-state index in [9.17, 15) is 4.79 Å². The molecule has 0 unspecified atom stereocenters. The molecule has 3 rings (SSSR count). The summed E-state index contributed by atoms with van der Waals surface area (Å²) < 4.78 is 0. The minimum Gasteiger partial charge on any atom is -0.395 e. The van der Waals surface area contributed by atoms with Crippen LogP contribution in [0.3, 0.4) is 0 Å². The SMILES string of the molecule is O=c1[nH]c(-c2ccccc2)cc2ccc(NCCO)cc12. The second-order valence-electron chi connectivity index (χ2n) is 4.83. The Hall–Kier alpha value is -2.59. The van der Waals surface area contributed by atoms with E-state index in [4.69, 9.17) is 5.11 Å². The van der Waals surface area contributed by atoms with Gasteiger partial charge in [0.1, 0.15) is 0 Å². The van der Waals surface area contributed by atoms with E-state index >= 15 is 0 Å². The van der Waals surface area contributed by atoms with Gasteiger partial charge >= 0.3 is 0 Å². The third kappa shape index (κ3) is 2.80. The van der Waals surface area contributed by atoms with Crippen LogP contribution in [-0.2, 0) is 0 Å². The molecule has 2 aromatic carbocycles. The average Bonchev–Trinajstić information content (AvgIpc) is 2.54. The smallest absolute Gasteiger partial charge is 0.256 e. The third-order valence-electron chi connectivity index (χ3n) is 3.37. The number of hydrogen-bond acceptors (Lipinski definition) is 3. The second kappa shape index (κ2) is 5.81. The van der Waals surface area contributed by atoms with Crippen LogP contribution in [0.15, 0.2) is 59.4 Å². The van der Waals surface area contributed by atoms with E-state index in [0.29, 0.717) is 11.9 Å². The molecule has 3 N–H and O–H groups in total. The zero-order valence-corrected chi connectivity index (χ0v) is 11.5. The molecule has 0 saturated heterocycles. The summed E-state index contributed by atoms with van der Waals surface area (Å²) in [5.41, 5.74) is 2.51. The Balaban J connectivity index is 2.07. The number of nitrogens with one attached hydrogen (secondary N) is 2. The summed E-state index contributed by atoms with van der Waals surface area (Å²) in [5, 5.41) is 13.4. The van der Waals surface area contributed by atoms with Crippen molar-refractivity contribution in [1.29, 1.82) is 0 Å². The van der Waals surface area contributed by atoms with Crippen molar-refractivity contribution in [1.82, 2.24) is 4.98 Å². The lowest BCUT2D eigenvalue weighted by atomic mass is 10.1. The largest absolute Gasteiger partial charge is 0.395 e. The van der Waals surface area contributed by atoms with E-state index in [1.807, 2.05) is 48.5 Å². The van der Waals surface area contributed by atoms with Gasteiger partial charge < -0.3 is 15.4 Å². The highest BCUT2D eigenvalue weighted by Crippen LogP contribution is 2.21. The van der Waals surface area contributed by atoms with Gasteiger partial charge in [-0.2, -0.15) is 0 Å². The highest BCUT2D eigenvalue weighted by atomic mass is 16.3. The zero-order chi connectivity index (χ0) is 14.7. The molecule has 4 nitrogen and oxygen atoms in total. The van der Waals surface area contributed by atoms with Gasteiger partial charge in [0.05, 0.1) is 6.61 Å². The molecule has 3 aromatic rings. The molecule has 0 radical (unpaired) electrons. The molecular weight excluding hydrogens is 264 g/mol. The van der Waals surface area contributed by atoms with Crippen molar-refractivity contribution in [2.75, 3.05) is 18.5 Å².